The van der Waals surface area contributed by atoms with Crippen LogP contribution in [0.15, 0.2) is 48.5 Å². The first-order valence-corrected chi connectivity index (χ1v) is 11.2. The van der Waals surface area contributed by atoms with E-state index in [1.54, 1.807) is 18.2 Å². The van der Waals surface area contributed by atoms with Crippen LogP contribution in [0.5, 0.6) is 0 Å². The van der Waals surface area contributed by atoms with E-state index in [4.69, 9.17) is 9.47 Å². The molecule has 0 N–H and O–H groups in total. The van der Waals surface area contributed by atoms with Crippen molar-refractivity contribution in [1.29, 1.82) is 5.26 Å². The molecule has 0 radical (unpaired) electrons. The number of likely N-dealkylation sites (N-methyl/N-ethyl adjacent to an activating group) is 1. The molecule has 1 atom stereocenters. The third-order valence-corrected chi connectivity index (χ3v) is 6.23. The van der Waals surface area contributed by atoms with Gasteiger partial charge in [0.25, 0.3) is 0 Å². The van der Waals surface area contributed by atoms with Crippen LogP contribution < -0.4 is 0 Å². The Hall–Kier alpha value is -3.17. The summed E-state index contributed by atoms with van der Waals surface area (Å²) in [6, 6.07) is 17.3. The predicted molar refractivity (Wildman–Crippen MR) is 128 cm³/mol. The molecule has 0 spiro atoms. The van der Waals surface area contributed by atoms with Crippen LogP contribution in [0.1, 0.15) is 58.5 Å². The van der Waals surface area contributed by atoms with Gasteiger partial charge in [-0.25, -0.2) is 9.59 Å². The summed E-state index contributed by atoms with van der Waals surface area (Å²) in [5.41, 5.74) is 2.27. The van der Waals surface area contributed by atoms with Crippen molar-refractivity contribution in [3.05, 3.63) is 70.8 Å². The summed E-state index contributed by atoms with van der Waals surface area (Å²) in [5.74, 6) is -0.645. The van der Waals surface area contributed by atoms with Crippen LogP contribution in [-0.4, -0.2) is 51.2 Å². The fourth-order valence-electron chi connectivity index (χ4n) is 4.09. The van der Waals surface area contributed by atoms with E-state index < -0.39 is 11.4 Å². The third kappa shape index (κ3) is 6.66. The van der Waals surface area contributed by atoms with E-state index in [1.807, 2.05) is 44.2 Å². The molecule has 0 aromatic heterocycles. The maximum absolute atomic E-state index is 12.0. The highest BCUT2D eigenvalue weighted by Gasteiger charge is 2.36. The molecule has 2 aromatic rings. The molecule has 176 valence electrons. The molecule has 2 rings (SSSR count). The fraction of sp³-hybridized carbons (Fsp3) is 0.444. The number of hydrogen-bond acceptors (Lipinski definition) is 6. The molecular formula is C27H34N2O4. The molecule has 0 heterocycles. The highest BCUT2D eigenvalue weighted by molar-refractivity contribution is 5.90. The fourth-order valence-corrected chi connectivity index (χ4v) is 4.09. The maximum atomic E-state index is 12.0. The lowest BCUT2D eigenvalue weighted by Gasteiger charge is -2.32. The number of carbonyl (C=O) groups excluding carboxylic acids is 2. The average Bonchev–Trinajstić information content (AvgIpc) is 2.84. The van der Waals surface area contributed by atoms with Crippen LogP contribution in [-0.2, 0) is 21.3 Å². The molecule has 1 unspecified atom stereocenters. The van der Waals surface area contributed by atoms with Crippen molar-refractivity contribution in [1.82, 2.24) is 4.90 Å². The summed E-state index contributed by atoms with van der Waals surface area (Å²) in [6.07, 6.45) is 2.34. The van der Waals surface area contributed by atoms with E-state index in [1.165, 1.54) is 14.2 Å². The molecule has 33 heavy (non-hydrogen) atoms. The number of methoxy groups -OCH3 is 2. The molecule has 6 heteroatoms. The monoisotopic (exact) mass is 450 g/mol. The summed E-state index contributed by atoms with van der Waals surface area (Å²) < 4.78 is 9.64. The Morgan fingerprint density at radius 3 is 2.18 bits per heavy atom. The number of ether oxygens (including phenoxy) is 2. The number of rotatable bonds is 11. The highest BCUT2D eigenvalue weighted by atomic mass is 16.5. The van der Waals surface area contributed by atoms with E-state index in [2.05, 4.69) is 18.0 Å². The highest BCUT2D eigenvalue weighted by Crippen LogP contribution is 2.37. The van der Waals surface area contributed by atoms with Gasteiger partial charge in [0.15, 0.2) is 0 Å². The molecule has 0 aliphatic carbocycles. The molecule has 0 saturated carbocycles. The third-order valence-electron chi connectivity index (χ3n) is 6.23. The van der Waals surface area contributed by atoms with Crippen LogP contribution in [0.2, 0.25) is 0 Å². The smallest absolute Gasteiger partial charge is 0.337 e. The van der Waals surface area contributed by atoms with E-state index in [-0.39, 0.29) is 11.9 Å². The Bertz CT molecular complexity index is 996. The predicted octanol–water partition coefficient (Wildman–Crippen LogP) is 4.63. The largest absolute Gasteiger partial charge is 0.465 e. The minimum Gasteiger partial charge on any atom is -0.465 e. The van der Waals surface area contributed by atoms with E-state index >= 15 is 0 Å². The van der Waals surface area contributed by atoms with Crippen LogP contribution in [0.4, 0.5) is 0 Å². The number of hydrogen-bond donors (Lipinski definition) is 0. The second-order valence-corrected chi connectivity index (χ2v) is 8.66. The molecule has 6 nitrogen and oxygen atoms in total. The number of nitriles is 1. The quantitative estimate of drug-likeness (QED) is 0.464. The first-order chi connectivity index (χ1) is 15.8. The lowest BCUT2D eigenvalue weighted by molar-refractivity contribution is 0.0591. The van der Waals surface area contributed by atoms with Crippen LogP contribution >= 0.6 is 0 Å². The molecule has 2 aromatic carbocycles. The number of esters is 2. The SMILES string of the molecule is COC(=O)c1cccc(CCN(C)CCCC(C#N)(c2cccc(C(=O)OC)c2)C(C)C)c1. The Morgan fingerprint density at radius 1 is 1.00 bits per heavy atom. The lowest BCUT2D eigenvalue weighted by atomic mass is 9.69. The topological polar surface area (TPSA) is 79.6 Å². The molecule has 0 aliphatic heterocycles. The van der Waals surface area contributed by atoms with Crippen molar-refractivity contribution in [3.8, 4) is 6.07 Å². The van der Waals surface area contributed by atoms with Gasteiger partial charge in [-0.15, -0.1) is 0 Å². The minimum atomic E-state index is -0.681. The Balaban J connectivity index is 2.01. The van der Waals surface area contributed by atoms with Gasteiger partial charge in [0, 0.05) is 6.54 Å². The van der Waals surface area contributed by atoms with Gasteiger partial charge < -0.3 is 14.4 Å². The van der Waals surface area contributed by atoms with E-state index in [0.717, 1.165) is 37.1 Å². The van der Waals surface area contributed by atoms with Crippen molar-refractivity contribution in [2.45, 2.75) is 38.5 Å². The van der Waals surface area contributed by atoms with Crippen molar-refractivity contribution in [2.24, 2.45) is 5.92 Å². The lowest BCUT2D eigenvalue weighted by Crippen LogP contribution is -2.33. The van der Waals surface area contributed by atoms with Crippen LogP contribution in [0.25, 0.3) is 0 Å². The van der Waals surface area contributed by atoms with Gasteiger partial charge in [-0.2, -0.15) is 5.26 Å². The van der Waals surface area contributed by atoms with Gasteiger partial charge in [0.05, 0.1) is 36.8 Å². The Kier molecular flexibility index (Phi) is 9.62. The van der Waals surface area contributed by atoms with Gasteiger partial charge in [0.2, 0.25) is 0 Å². The number of nitrogens with zero attached hydrogens (tertiary/aromatic N) is 2. The van der Waals surface area contributed by atoms with Crippen LogP contribution in [0, 0.1) is 17.2 Å². The average molecular weight is 451 g/mol. The van der Waals surface area contributed by atoms with Gasteiger partial charge in [-0.3, -0.25) is 0 Å². The van der Waals surface area contributed by atoms with Crippen molar-refractivity contribution in [2.75, 3.05) is 34.4 Å². The standard InChI is InChI=1S/C27H34N2O4/c1-20(2)27(19-28,24-12-7-11-23(18-24)26(31)33-5)14-8-15-29(3)16-13-21-9-6-10-22(17-21)25(30)32-4/h6-7,9-12,17-18,20H,8,13-16H2,1-5H3. The zero-order valence-corrected chi connectivity index (χ0v) is 20.3. The van der Waals surface area contributed by atoms with Crippen LogP contribution in [0.3, 0.4) is 0 Å². The summed E-state index contributed by atoms with van der Waals surface area (Å²) in [6.45, 7) is 5.77. The van der Waals surface area contributed by atoms with Gasteiger partial charge in [0.1, 0.15) is 0 Å². The summed E-state index contributed by atoms with van der Waals surface area (Å²) >= 11 is 0. The Labute approximate surface area is 197 Å². The molecule has 0 fully saturated rings. The summed E-state index contributed by atoms with van der Waals surface area (Å²) in [7, 11) is 4.80. The maximum Gasteiger partial charge on any atom is 0.337 e. The van der Waals surface area contributed by atoms with Crippen molar-refractivity contribution < 1.29 is 19.1 Å². The number of carbonyl (C=O) groups is 2. The summed E-state index contributed by atoms with van der Waals surface area (Å²) in [5, 5.41) is 10.2. The van der Waals surface area contributed by atoms with E-state index in [0.29, 0.717) is 17.5 Å². The van der Waals surface area contributed by atoms with Gasteiger partial charge in [-0.1, -0.05) is 38.1 Å². The van der Waals surface area contributed by atoms with Crippen molar-refractivity contribution in [3.63, 3.8) is 0 Å². The van der Waals surface area contributed by atoms with Gasteiger partial charge >= 0.3 is 11.9 Å². The second kappa shape index (κ2) is 12.2. The minimum absolute atomic E-state index is 0.0850. The molecule has 0 saturated heterocycles. The van der Waals surface area contributed by atoms with Gasteiger partial charge in [-0.05, 0) is 74.2 Å². The first-order valence-electron chi connectivity index (χ1n) is 11.2. The molecule has 0 bridgehead atoms. The molecular weight excluding hydrogens is 416 g/mol. The first kappa shape index (κ1) is 26.1. The molecule has 0 aliphatic rings. The summed E-state index contributed by atoms with van der Waals surface area (Å²) in [4.78, 5) is 25.9. The van der Waals surface area contributed by atoms with E-state index in [9.17, 15) is 14.9 Å². The Morgan fingerprint density at radius 2 is 1.61 bits per heavy atom. The van der Waals surface area contributed by atoms with Crippen molar-refractivity contribution >= 4 is 11.9 Å². The zero-order chi connectivity index (χ0) is 24.4. The molecule has 0 amide bonds. The normalized spacial score (nSPS) is 12.8. The zero-order valence-electron chi connectivity index (χ0n) is 20.3. The number of benzene rings is 2. The second-order valence-electron chi connectivity index (χ2n) is 8.66.